The predicted octanol–water partition coefficient (Wildman–Crippen LogP) is 2.59. The molecule has 6 heteroatoms. The Morgan fingerprint density at radius 1 is 1.44 bits per heavy atom. The van der Waals surface area contributed by atoms with Gasteiger partial charge in [0.2, 0.25) is 0 Å². The lowest BCUT2D eigenvalue weighted by Gasteiger charge is -2.22. The molecule has 2 amide bonds. The molecule has 1 unspecified atom stereocenters. The Morgan fingerprint density at radius 2 is 2.06 bits per heavy atom. The highest BCUT2D eigenvalue weighted by molar-refractivity contribution is 6.31. The van der Waals surface area contributed by atoms with Crippen molar-refractivity contribution in [3.05, 3.63) is 28.8 Å². The number of carboxylic acid groups (broad SMARTS) is 1. The van der Waals surface area contributed by atoms with E-state index in [1.54, 1.807) is 25.1 Å². The van der Waals surface area contributed by atoms with Crippen LogP contribution in [0, 0.1) is 6.92 Å². The topological polar surface area (TPSA) is 69.6 Å². The number of rotatable bonds is 3. The lowest BCUT2D eigenvalue weighted by molar-refractivity contribution is -0.141. The molecule has 0 heterocycles. The summed E-state index contributed by atoms with van der Waals surface area (Å²) in [6, 6.07) is 3.75. The fraction of sp³-hybridized carbons (Fsp3) is 0.333. The molecule has 0 aliphatic carbocycles. The molecule has 0 bridgehead atoms. The van der Waals surface area contributed by atoms with Gasteiger partial charge in [-0.05, 0) is 31.5 Å². The third-order valence-electron chi connectivity index (χ3n) is 2.77. The van der Waals surface area contributed by atoms with Gasteiger partial charge in [-0.1, -0.05) is 17.7 Å². The van der Waals surface area contributed by atoms with Crippen molar-refractivity contribution in [1.82, 2.24) is 4.90 Å². The quantitative estimate of drug-likeness (QED) is 0.887. The van der Waals surface area contributed by atoms with Crippen molar-refractivity contribution in [3.8, 4) is 0 Å². The van der Waals surface area contributed by atoms with Crippen LogP contribution >= 0.6 is 11.6 Å². The molecular weight excluding hydrogens is 256 g/mol. The van der Waals surface area contributed by atoms with E-state index in [1.165, 1.54) is 14.0 Å². The monoisotopic (exact) mass is 270 g/mol. The molecule has 98 valence electrons. The molecule has 18 heavy (non-hydrogen) atoms. The number of nitrogens with one attached hydrogen (secondary N) is 1. The number of carbonyl (C=O) groups is 2. The van der Waals surface area contributed by atoms with Crippen LogP contribution in [0.25, 0.3) is 0 Å². The van der Waals surface area contributed by atoms with Gasteiger partial charge in [-0.25, -0.2) is 9.59 Å². The number of carbonyl (C=O) groups excluding carboxylic acids is 1. The summed E-state index contributed by atoms with van der Waals surface area (Å²) >= 11 is 5.93. The van der Waals surface area contributed by atoms with Gasteiger partial charge in [0.25, 0.3) is 0 Å². The van der Waals surface area contributed by atoms with Gasteiger partial charge in [0.15, 0.2) is 0 Å². The number of nitrogens with zero attached hydrogens (tertiary/aromatic N) is 1. The minimum Gasteiger partial charge on any atom is -0.480 e. The van der Waals surface area contributed by atoms with E-state index < -0.39 is 18.0 Å². The minimum atomic E-state index is -1.06. The molecule has 0 radical (unpaired) electrons. The number of aliphatic carboxylic acids is 1. The molecule has 0 saturated carbocycles. The fourth-order valence-corrected chi connectivity index (χ4v) is 1.46. The van der Waals surface area contributed by atoms with Crippen molar-refractivity contribution in [2.75, 3.05) is 12.4 Å². The fourth-order valence-electron chi connectivity index (χ4n) is 1.29. The summed E-state index contributed by atoms with van der Waals surface area (Å²) in [5.74, 6) is -1.06. The number of hydrogen-bond donors (Lipinski definition) is 2. The van der Waals surface area contributed by atoms with Crippen LogP contribution in [-0.4, -0.2) is 35.1 Å². The largest absolute Gasteiger partial charge is 0.480 e. The SMILES string of the molecule is Cc1c(Cl)cccc1NC(=O)N(C)C(C)C(=O)O. The van der Waals surface area contributed by atoms with Crippen molar-refractivity contribution < 1.29 is 14.7 Å². The standard InChI is InChI=1S/C12H15ClN2O3/c1-7-9(13)5-4-6-10(7)14-12(18)15(3)8(2)11(16)17/h4-6,8H,1-3H3,(H,14,18)(H,16,17). The Bertz CT molecular complexity index is 476. The highest BCUT2D eigenvalue weighted by Crippen LogP contribution is 2.23. The molecule has 0 aromatic heterocycles. The van der Waals surface area contributed by atoms with Crippen LogP contribution in [-0.2, 0) is 4.79 Å². The Hall–Kier alpha value is -1.75. The summed E-state index contributed by atoms with van der Waals surface area (Å²) in [7, 11) is 1.42. The van der Waals surface area contributed by atoms with E-state index in [9.17, 15) is 9.59 Å². The van der Waals surface area contributed by atoms with Gasteiger partial charge >= 0.3 is 12.0 Å². The molecule has 0 fully saturated rings. The van der Waals surface area contributed by atoms with Gasteiger partial charge in [0.1, 0.15) is 6.04 Å². The zero-order valence-corrected chi connectivity index (χ0v) is 11.2. The van der Waals surface area contributed by atoms with Gasteiger partial charge in [0, 0.05) is 17.8 Å². The van der Waals surface area contributed by atoms with Crippen LogP contribution in [0.1, 0.15) is 12.5 Å². The van der Waals surface area contributed by atoms with E-state index in [4.69, 9.17) is 16.7 Å². The second-order valence-corrected chi connectivity index (χ2v) is 4.37. The summed E-state index contributed by atoms with van der Waals surface area (Å²) in [6.45, 7) is 3.21. The van der Waals surface area contributed by atoms with E-state index in [0.717, 1.165) is 10.5 Å². The number of halogens is 1. The Labute approximate surface area is 110 Å². The highest BCUT2D eigenvalue weighted by Gasteiger charge is 2.22. The van der Waals surface area contributed by atoms with E-state index in [2.05, 4.69) is 5.32 Å². The van der Waals surface area contributed by atoms with E-state index in [0.29, 0.717) is 10.7 Å². The summed E-state index contributed by atoms with van der Waals surface area (Å²) in [5, 5.41) is 12.0. The number of carboxylic acids is 1. The maximum atomic E-state index is 11.8. The normalized spacial score (nSPS) is 11.8. The first-order valence-electron chi connectivity index (χ1n) is 5.36. The summed E-state index contributed by atoms with van der Waals surface area (Å²) < 4.78 is 0. The van der Waals surface area contributed by atoms with Crippen LogP contribution in [0.3, 0.4) is 0 Å². The van der Waals surface area contributed by atoms with Gasteiger partial charge in [-0.15, -0.1) is 0 Å². The molecule has 2 N–H and O–H groups in total. The van der Waals surface area contributed by atoms with Crippen molar-refractivity contribution in [1.29, 1.82) is 0 Å². The minimum absolute atomic E-state index is 0.490. The molecule has 1 rings (SSSR count). The number of hydrogen-bond acceptors (Lipinski definition) is 2. The molecule has 1 atom stereocenters. The third-order valence-corrected chi connectivity index (χ3v) is 3.18. The average Bonchev–Trinajstić information content (AvgIpc) is 2.32. The summed E-state index contributed by atoms with van der Waals surface area (Å²) in [4.78, 5) is 23.7. The Kier molecular flexibility index (Phi) is 4.55. The molecule has 1 aromatic carbocycles. The van der Waals surface area contributed by atoms with Crippen LogP contribution in [0.2, 0.25) is 5.02 Å². The first-order chi connectivity index (χ1) is 8.34. The smallest absolute Gasteiger partial charge is 0.326 e. The zero-order chi connectivity index (χ0) is 13.9. The number of amides is 2. The number of urea groups is 1. The number of anilines is 1. The molecule has 1 aromatic rings. The molecular formula is C12H15ClN2O3. The second-order valence-electron chi connectivity index (χ2n) is 3.97. The van der Waals surface area contributed by atoms with Crippen molar-refractivity contribution in [3.63, 3.8) is 0 Å². The summed E-state index contributed by atoms with van der Waals surface area (Å²) in [5.41, 5.74) is 1.31. The molecule has 5 nitrogen and oxygen atoms in total. The van der Waals surface area contributed by atoms with Crippen LogP contribution in [0.4, 0.5) is 10.5 Å². The highest BCUT2D eigenvalue weighted by atomic mass is 35.5. The van der Waals surface area contributed by atoms with Crippen molar-refractivity contribution in [2.45, 2.75) is 19.9 Å². The lowest BCUT2D eigenvalue weighted by atomic mass is 10.2. The van der Waals surface area contributed by atoms with Gasteiger partial charge in [0.05, 0.1) is 0 Å². The Balaban J connectivity index is 2.82. The molecule has 0 aliphatic heterocycles. The van der Waals surface area contributed by atoms with Crippen LogP contribution < -0.4 is 5.32 Å². The zero-order valence-electron chi connectivity index (χ0n) is 10.4. The predicted molar refractivity (Wildman–Crippen MR) is 70.1 cm³/mol. The lowest BCUT2D eigenvalue weighted by Crippen LogP contribution is -2.42. The first-order valence-corrected chi connectivity index (χ1v) is 5.74. The Morgan fingerprint density at radius 3 is 2.61 bits per heavy atom. The van der Waals surface area contributed by atoms with Crippen LogP contribution in [0.5, 0.6) is 0 Å². The average molecular weight is 271 g/mol. The van der Waals surface area contributed by atoms with Gasteiger partial charge < -0.3 is 15.3 Å². The molecule has 0 spiro atoms. The van der Waals surface area contributed by atoms with E-state index in [-0.39, 0.29) is 0 Å². The molecule has 0 saturated heterocycles. The van der Waals surface area contributed by atoms with Crippen molar-refractivity contribution in [2.24, 2.45) is 0 Å². The third kappa shape index (κ3) is 3.13. The van der Waals surface area contributed by atoms with Gasteiger partial charge in [-0.2, -0.15) is 0 Å². The second kappa shape index (κ2) is 5.73. The number of benzene rings is 1. The van der Waals surface area contributed by atoms with Crippen LogP contribution in [0.15, 0.2) is 18.2 Å². The summed E-state index contributed by atoms with van der Waals surface area (Å²) in [6.07, 6.45) is 0. The maximum Gasteiger partial charge on any atom is 0.326 e. The molecule has 0 aliphatic rings. The van der Waals surface area contributed by atoms with Gasteiger partial charge in [-0.3, -0.25) is 0 Å². The van der Waals surface area contributed by atoms with E-state index in [1.807, 2.05) is 0 Å². The number of likely N-dealkylation sites (N-methyl/N-ethyl adjacent to an activating group) is 1. The van der Waals surface area contributed by atoms with E-state index >= 15 is 0 Å². The first kappa shape index (κ1) is 14.3. The maximum absolute atomic E-state index is 11.8. The van der Waals surface area contributed by atoms with Crippen molar-refractivity contribution >= 4 is 29.3 Å².